The number of pyridine rings is 1. The molecule has 2 heterocycles. The van der Waals surface area contributed by atoms with Gasteiger partial charge in [0, 0.05) is 11.8 Å². The molecule has 102 valence electrons. The van der Waals surface area contributed by atoms with Crippen molar-refractivity contribution in [1.82, 2.24) is 4.98 Å². The highest BCUT2D eigenvalue weighted by Gasteiger charge is 2.25. The van der Waals surface area contributed by atoms with Crippen LogP contribution in [0.5, 0.6) is 11.5 Å². The third-order valence-corrected chi connectivity index (χ3v) is 2.49. The van der Waals surface area contributed by atoms with E-state index in [0.29, 0.717) is 18.1 Å². The molecule has 2 aromatic heterocycles. The van der Waals surface area contributed by atoms with Gasteiger partial charge in [-0.2, -0.15) is 0 Å². The zero-order valence-electron chi connectivity index (χ0n) is 11.0. The first kappa shape index (κ1) is 13.2. The van der Waals surface area contributed by atoms with Crippen LogP contribution in [0.4, 0.5) is 0 Å². The van der Waals surface area contributed by atoms with Crippen LogP contribution >= 0.6 is 0 Å². The van der Waals surface area contributed by atoms with Crippen LogP contribution in [-0.4, -0.2) is 29.3 Å². The van der Waals surface area contributed by atoms with Crippen molar-refractivity contribution in [1.29, 1.82) is 0 Å². The number of carbonyl (C=O) groups is 1. The van der Waals surface area contributed by atoms with Crippen molar-refractivity contribution in [2.24, 2.45) is 0 Å². The fraction of sp³-hybridized carbons (Fsp3) is 0.385. The number of furan rings is 1. The summed E-state index contributed by atoms with van der Waals surface area (Å²) < 4.78 is 15.5. The molecule has 0 aliphatic carbocycles. The predicted octanol–water partition coefficient (Wildman–Crippen LogP) is 2.42. The molecule has 2 rings (SSSR count). The monoisotopic (exact) mass is 265 g/mol. The molecule has 1 N–H and O–H groups in total. The summed E-state index contributed by atoms with van der Waals surface area (Å²) in [6.45, 7) is 5.89. The van der Waals surface area contributed by atoms with Gasteiger partial charge in [0.2, 0.25) is 5.71 Å². The molecule has 0 saturated heterocycles. The number of aromatic hydroxyl groups is 1. The Morgan fingerprint density at radius 1 is 1.42 bits per heavy atom. The standard InChI is InChI=1S/C13H15NO5/c1-4-17-8-6-7(3)14-12-9(8)10(15)11(19-12)13(16)18-5-2/h6,15H,4-5H2,1-3H3. The molecule has 0 amide bonds. The Labute approximate surface area is 109 Å². The second-order valence-corrected chi connectivity index (χ2v) is 3.88. The molecule has 0 aromatic carbocycles. The first-order chi connectivity index (χ1) is 9.08. The summed E-state index contributed by atoms with van der Waals surface area (Å²) >= 11 is 0. The minimum Gasteiger partial charge on any atom is -0.503 e. The van der Waals surface area contributed by atoms with Crippen molar-refractivity contribution >= 4 is 17.1 Å². The zero-order valence-corrected chi connectivity index (χ0v) is 11.0. The van der Waals surface area contributed by atoms with Gasteiger partial charge in [0.05, 0.1) is 13.2 Å². The Morgan fingerprint density at radius 2 is 2.16 bits per heavy atom. The summed E-state index contributed by atoms with van der Waals surface area (Å²) in [6.07, 6.45) is 0. The van der Waals surface area contributed by atoms with Gasteiger partial charge in [-0.1, -0.05) is 0 Å². The van der Waals surface area contributed by atoms with Crippen LogP contribution in [0.2, 0.25) is 0 Å². The lowest BCUT2D eigenvalue weighted by atomic mass is 10.2. The number of aryl methyl sites for hydroxylation is 1. The van der Waals surface area contributed by atoms with Crippen molar-refractivity contribution in [3.05, 3.63) is 17.5 Å². The minimum absolute atomic E-state index is 0.156. The van der Waals surface area contributed by atoms with Gasteiger partial charge in [-0.25, -0.2) is 9.78 Å². The first-order valence-corrected chi connectivity index (χ1v) is 6.01. The van der Waals surface area contributed by atoms with Crippen LogP contribution in [-0.2, 0) is 4.74 Å². The SMILES string of the molecule is CCOC(=O)c1oc2nc(C)cc(OCC)c2c1O. The molecule has 0 fully saturated rings. The molecule has 0 bridgehead atoms. The second kappa shape index (κ2) is 5.17. The van der Waals surface area contributed by atoms with Crippen LogP contribution in [0.3, 0.4) is 0 Å². The fourth-order valence-corrected chi connectivity index (χ4v) is 1.77. The van der Waals surface area contributed by atoms with Crippen LogP contribution in [0.15, 0.2) is 10.5 Å². The van der Waals surface area contributed by atoms with E-state index in [4.69, 9.17) is 13.9 Å². The topological polar surface area (TPSA) is 81.8 Å². The molecule has 0 aliphatic heterocycles. The van der Waals surface area contributed by atoms with Gasteiger partial charge < -0.3 is 19.0 Å². The second-order valence-electron chi connectivity index (χ2n) is 3.88. The van der Waals surface area contributed by atoms with Crippen molar-refractivity contribution in [2.45, 2.75) is 20.8 Å². The molecule has 0 unspecified atom stereocenters. The Morgan fingerprint density at radius 3 is 2.79 bits per heavy atom. The summed E-state index contributed by atoms with van der Waals surface area (Å²) in [6, 6.07) is 1.68. The van der Waals surface area contributed by atoms with E-state index in [-0.39, 0.29) is 29.2 Å². The Bertz CT molecular complexity index is 617. The van der Waals surface area contributed by atoms with Crippen molar-refractivity contribution < 1.29 is 23.8 Å². The molecule has 6 heteroatoms. The lowest BCUT2D eigenvalue weighted by Gasteiger charge is -2.04. The van der Waals surface area contributed by atoms with E-state index in [2.05, 4.69) is 4.98 Å². The molecule has 0 radical (unpaired) electrons. The number of fused-ring (bicyclic) bond motifs is 1. The summed E-state index contributed by atoms with van der Waals surface area (Å²) in [7, 11) is 0. The third-order valence-electron chi connectivity index (χ3n) is 2.49. The van der Waals surface area contributed by atoms with E-state index < -0.39 is 5.97 Å². The average molecular weight is 265 g/mol. The summed E-state index contributed by atoms with van der Waals surface area (Å²) in [5.41, 5.74) is 0.823. The fourth-order valence-electron chi connectivity index (χ4n) is 1.77. The lowest BCUT2D eigenvalue weighted by molar-refractivity contribution is 0.0488. The van der Waals surface area contributed by atoms with E-state index >= 15 is 0 Å². The van der Waals surface area contributed by atoms with Gasteiger partial charge in [-0.15, -0.1) is 0 Å². The lowest BCUT2D eigenvalue weighted by Crippen LogP contribution is -2.03. The van der Waals surface area contributed by atoms with E-state index in [1.807, 2.05) is 6.92 Å². The summed E-state index contributed by atoms with van der Waals surface area (Å²) in [5.74, 6) is -0.847. The van der Waals surface area contributed by atoms with Gasteiger partial charge in [0.25, 0.3) is 5.76 Å². The molecule has 19 heavy (non-hydrogen) atoms. The minimum atomic E-state index is -0.724. The van der Waals surface area contributed by atoms with E-state index in [1.165, 1.54) is 0 Å². The van der Waals surface area contributed by atoms with Crippen LogP contribution in [0.1, 0.15) is 30.1 Å². The molecule has 6 nitrogen and oxygen atoms in total. The smallest absolute Gasteiger partial charge is 0.378 e. The molecular formula is C13H15NO5. The highest BCUT2D eigenvalue weighted by atomic mass is 16.5. The molecule has 0 saturated carbocycles. The number of esters is 1. The number of ether oxygens (including phenoxy) is 2. The normalized spacial score (nSPS) is 10.7. The highest BCUT2D eigenvalue weighted by Crippen LogP contribution is 2.38. The summed E-state index contributed by atoms with van der Waals surface area (Å²) in [5, 5.41) is 10.4. The maximum absolute atomic E-state index is 11.6. The number of hydrogen-bond donors (Lipinski definition) is 1. The number of hydrogen-bond acceptors (Lipinski definition) is 6. The molecule has 0 spiro atoms. The predicted molar refractivity (Wildman–Crippen MR) is 67.5 cm³/mol. The van der Waals surface area contributed by atoms with Crippen molar-refractivity contribution in [3.8, 4) is 11.5 Å². The van der Waals surface area contributed by atoms with Crippen molar-refractivity contribution in [3.63, 3.8) is 0 Å². The van der Waals surface area contributed by atoms with Crippen LogP contribution < -0.4 is 4.74 Å². The molecule has 2 aromatic rings. The van der Waals surface area contributed by atoms with Gasteiger partial charge in [-0.05, 0) is 20.8 Å². The van der Waals surface area contributed by atoms with Gasteiger partial charge in [0.15, 0.2) is 5.75 Å². The number of rotatable bonds is 4. The third kappa shape index (κ3) is 2.33. The zero-order chi connectivity index (χ0) is 14.0. The average Bonchev–Trinajstić information content (AvgIpc) is 2.67. The largest absolute Gasteiger partial charge is 0.503 e. The highest BCUT2D eigenvalue weighted by molar-refractivity contribution is 5.99. The molecule has 0 aliphatic rings. The molecular weight excluding hydrogens is 250 g/mol. The quantitative estimate of drug-likeness (QED) is 0.855. The first-order valence-electron chi connectivity index (χ1n) is 6.01. The van der Waals surface area contributed by atoms with E-state index in [0.717, 1.165) is 0 Å². The Kier molecular flexibility index (Phi) is 3.59. The number of carbonyl (C=O) groups excluding carboxylic acids is 1. The van der Waals surface area contributed by atoms with E-state index in [1.54, 1.807) is 19.9 Å². The number of aromatic nitrogens is 1. The Hall–Kier alpha value is -2.24. The maximum Gasteiger partial charge on any atom is 0.378 e. The van der Waals surface area contributed by atoms with Gasteiger partial charge in [0.1, 0.15) is 11.1 Å². The Balaban J connectivity index is 2.62. The number of nitrogens with zero attached hydrogens (tertiary/aromatic N) is 1. The van der Waals surface area contributed by atoms with Gasteiger partial charge in [-0.3, -0.25) is 0 Å². The maximum atomic E-state index is 11.6. The van der Waals surface area contributed by atoms with Crippen molar-refractivity contribution in [2.75, 3.05) is 13.2 Å². The van der Waals surface area contributed by atoms with E-state index in [9.17, 15) is 9.90 Å². The van der Waals surface area contributed by atoms with Crippen LogP contribution in [0.25, 0.3) is 11.1 Å². The summed E-state index contributed by atoms with van der Waals surface area (Å²) in [4.78, 5) is 15.8. The van der Waals surface area contributed by atoms with Gasteiger partial charge >= 0.3 is 5.97 Å². The molecule has 0 atom stereocenters. The van der Waals surface area contributed by atoms with Crippen LogP contribution in [0, 0.1) is 6.92 Å².